The number of H-pyrrole nitrogens is 1. The average Bonchev–Trinajstić information content (AvgIpc) is 2.81. The Labute approximate surface area is 94.2 Å². The third-order valence-electron chi connectivity index (χ3n) is 3.25. The molecule has 0 spiro atoms. The molecule has 0 radical (unpaired) electrons. The van der Waals surface area contributed by atoms with E-state index in [1.165, 1.54) is 6.20 Å². The van der Waals surface area contributed by atoms with Gasteiger partial charge in [-0.2, -0.15) is 15.4 Å². The smallest absolute Gasteiger partial charge is 0.276 e. The van der Waals surface area contributed by atoms with Gasteiger partial charge < -0.3 is 10.6 Å². The molecule has 2 atom stereocenters. The molecule has 2 unspecified atom stereocenters. The Kier molecular flexibility index (Phi) is 3.19. The number of hydrogen-bond donors (Lipinski definition) is 2. The van der Waals surface area contributed by atoms with Crippen LogP contribution >= 0.6 is 0 Å². The zero-order valence-corrected chi connectivity index (χ0v) is 9.39. The Morgan fingerprint density at radius 1 is 1.75 bits per heavy atom. The maximum Gasteiger partial charge on any atom is 0.276 e. The third-order valence-corrected chi connectivity index (χ3v) is 3.25. The molecule has 1 aliphatic rings. The Hall–Kier alpha value is -1.43. The van der Waals surface area contributed by atoms with E-state index in [0.717, 1.165) is 19.4 Å². The van der Waals surface area contributed by atoms with E-state index < -0.39 is 0 Å². The van der Waals surface area contributed by atoms with Crippen LogP contribution in [0.2, 0.25) is 0 Å². The van der Waals surface area contributed by atoms with E-state index in [1.54, 1.807) is 0 Å². The third kappa shape index (κ3) is 1.92. The lowest BCUT2D eigenvalue weighted by atomic mass is 9.90. The van der Waals surface area contributed by atoms with Crippen molar-refractivity contribution in [3.63, 3.8) is 0 Å². The molecule has 0 aromatic carbocycles. The summed E-state index contributed by atoms with van der Waals surface area (Å²) < 4.78 is 0. The van der Waals surface area contributed by atoms with Crippen LogP contribution in [-0.4, -0.2) is 45.3 Å². The second-order valence-electron chi connectivity index (χ2n) is 4.28. The van der Waals surface area contributed by atoms with Crippen LogP contribution in [0.5, 0.6) is 0 Å². The lowest BCUT2D eigenvalue weighted by molar-refractivity contribution is 0.0526. The van der Waals surface area contributed by atoms with Crippen LogP contribution in [0.1, 0.15) is 30.3 Å². The number of rotatable bonds is 2. The van der Waals surface area contributed by atoms with Gasteiger partial charge in [0.2, 0.25) is 0 Å². The summed E-state index contributed by atoms with van der Waals surface area (Å²) >= 11 is 0. The molecule has 0 saturated carbocycles. The Bertz CT molecular complexity index is 350. The SMILES string of the molecule is CC1CCCN(C(=O)c2cn[nH]n2)C1CN. The van der Waals surface area contributed by atoms with Gasteiger partial charge in [0.05, 0.1) is 6.20 Å². The molecule has 88 valence electrons. The molecule has 0 aliphatic carbocycles. The van der Waals surface area contributed by atoms with E-state index in [-0.39, 0.29) is 11.9 Å². The van der Waals surface area contributed by atoms with Gasteiger partial charge in [-0.05, 0) is 18.8 Å². The zero-order valence-electron chi connectivity index (χ0n) is 9.39. The van der Waals surface area contributed by atoms with Crippen LogP contribution in [0.15, 0.2) is 6.20 Å². The fourth-order valence-corrected chi connectivity index (χ4v) is 2.31. The van der Waals surface area contributed by atoms with Crippen LogP contribution in [0.3, 0.4) is 0 Å². The number of nitrogens with zero attached hydrogens (tertiary/aromatic N) is 3. The molecule has 0 bridgehead atoms. The molecule has 1 aromatic heterocycles. The zero-order chi connectivity index (χ0) is 11.5. The van der Waals surface area contributed by atoms with Gasteiger partial charge in [-0.15, -0.1) is 0 Å². The van der Waals surface area contributed by atoms with Gasteiger partial charge in [-0.1, -0.05) is 6.92 Å². The largest absolute Gasteiger partial charge is 0.333 e. The molecule has 2 heterocycles. The summed E-state index contributed by atoms with van der Waals surface area (Å²) in [4.78, 5) is 13.9. The van der Waals surface area contributed by atoms with E-state index in [0.29, 0.717) is 18.2 Å². The van der Waals surface area contributed by atoms with E-state index in [1.807, 2.05) is 4.90 Å². The highest BCUT2D eigenvalue weighted by molar-refractivity contribution is 5.92. The van der Waals surface area contributed by atoms with Crippen molar-refractivity contribution in [3.05, 3.63) is 11.9 Å². The van der Waals surface area contributed by atoms with Crippen LogP contribution in [0.25, 0.3) is 0 Å². The molecule has 1 aromatic rings. The highest BCUT2D eigenvalue weighted by Gasteiger charge is 2.32. The number of aromatic nitrogens is 3. The second kappa shape index (κ2) is 4.61. The predicted octanol–water partition coefficient (Wildman–Crippen LogP) is 0.00410. The highest BCUT2D eigenvalue weighted by atomic mass is 16.2. The maximum absolute atomic E-state index is 12.1. The van der Waals surface area contributed by atoms with Gasteiger partial charge in [-0.3, -0.25) is 4.79 Å². The molecule has 1 fully saturated rings. The van der Waals surface area contributed by atoms with Crippen molar-refractivity contribution < 1.29 is 4.79 Å². The number of amides is 1. The first-order valence-corrected chi connectivity index (χ1v) is 5.61. The molecule has 16 heavy (non-hydrogen) atoms. The van der Waals surface area contributed by atoms with Crippen LogP contribution in [-0.2, 0) is 0 Å². The number of hydrogen-bond acceptors (Lipinski definition) is 4. The number of aromatic amines is 1. The lowest BCUT2D eigenvalue weighted by Gasteiger charge is -2.39. The van der Waals surface area contributed by atoms with Crippen molar-refractivity contribution in [1.29, 1.82) is 0 Å². The summed E-state index contributed by atoms with van der Waals surface area (Å²) in [5, 5.41) is 9.93. The summed E-state index contributed by atoms with van der Waals surface area (Å²) in [6.07, 6.45) is 3.61. The van der Waals surface area contributed by atoms with Gasteiger partial charge >= 0.3 is 0 Å². The summed E-state index contributed by atoms with van der Waals surface area (Å²) in [5.41, 5.74) is 6.11. The predicted molar refractivity (Wildman–Crippen MR) is 58.7 cm³/mol. The lowest BCUT2D eigenvalue weighted by Crippen LogP contribution is -2.51. The minimum Gasteiger partial charge on any atom is -0.333 e. The van der Waals surface area contributed by atoms with Gasteiger partial charge in [0.1, 0.15) is 0 Å². The van der Waals surface area contributed by atoms with Crippen LogP contribution in [0, 0.1) is 5.92 Å². The molecule has 1 amide bonds. The first-order valence-electron chi connectivity index (χ1n) is 5.61. The van der Waals surface area contributed by atoms with Crippen molar-refractivity contribution in [3.8, 4) is 0 Å². The molecule has 6 nitrogen and oxygen atoms in total. The fourth-order valence-electron chi connectivity index (χ4n) is 2.31. The number of nitrogens with two attached hydrogens (primary N) is 1. The molecule has 1 aliphatic heterocycles. The Balaban J connectivity index is 2.15. The van der Waals surface area contributed by atoms with Gasteiger partial charge in [0.25, 0.3) is 5.91 Å². The minimum absolute atomic E-state index is 0.0734. The van der Waals surface area contributed by atoms with Gasteiger partial charge in [0.15, 0.2) is 5.69 Å². The quantitative estimate of drug-likeness (QED) is 0.739. The van der Waals surface area contributed by atoms with Crippen molar-refractivity contribution in [2.24, 2.45) is 11.7 Å². The maximum atomic E-state index is 12.1. The summed E-state index contributed by atoms with van der Waals surface area (Å²) in [7, 11) is 0. The first kappa shape index (κ1) is 11.1. The number of piperidine rings is 1. The van der Waals surface area contributed by atoms with E-state index in [9.17, 15) is 4.79 Å². The fraction of sp³-hybridized carbons (Fsp3) is 0.700. The Morgan fingerprint density at radius 2 is 2.56 bits per heavy atom. The normalized spacial score (nSPS) is 25.8. The van der Waals surface area contributed by atoms with E-state index in [2.05, 4.69) is 22.3 Å². The van der Waals surface area contributed by atoms with Crippen molar-refractivity contribution >= 4 is 5.91 Å². The first-order chi connectivity index (χ1) is 7.74. The van der Waals surface area contributed by atoms with Crippen molar-refractivity contribution in [2.75, 3.05) is 13.1 Å². The molecule has 2 rings (SSSR count). The van der Waals surface area contributed by atoms with Crippen LogP contribution < -0.4 is 5.73 Å². The van der Waals surface area contributed by atoms with Crippen LogP contribution in [0.4, 0.5) is 0 Å². The Morgan fingerprint density at radius 3 is 3.19 bits per heavy atom. The highest BCUT2D eigenvalue weighted by Crippen LogP contribution is 2.23. The van der Waals surface area contributed by atoms with E-state index >= 15 is 0 Å². The summed E-state index contributed by atoms with van der Waals surface area (Å²) in [6, 6.07) is 0.123. The van der Waals surface area contributed by atoms with Crippen molar-refractivity contribution in [1.82, 2.24) is 20.3 Å². The molecular formula is C10H17N5O. The van der Waals surface area contributed by atoms with Gasteiger partial charge in [0, 0.05) is 19.1 Å². The molecule has 3 N–H and O–H groups in total. The molecule has 6 heteroatoms. The minimum atomic E-state index is -0.0734. The summed E-state index contributed by atoms with van der Waals surface area (Å²) in [5.74, 6) is 0.380. The van der Waals surface area contributed by atoms with E-state index in [4.69, 9.17) is 5.73 Å². The average molecular weight is 223 g/mol. The standard InChI is InChI=1S/C10H17N5O/c1-7-3-2-4-15(9(7)5-11)10(16)8-6-12-14-13-8/h6-7,9H,2-5,11H2,1H3,(H,12,13,14). The molecular weight excluding hydrogens is 206 g/mol. The number of carbonyl (C=O) groups excluding carboxylic acids is 1. The molecule has 1 saturated heterocycles. The van der Waals surface area contributed by atoms with Crippen molar-refractivity contribution in [2.45, 2.75) is 25.8 Å². The number of nitrogens with one attached hydrogen (secondary N) is 1. The second-order valence-corrected chi connectivity index (χ2v) is 4.28. The monoisotopic (exact) mass is 223 g/mol. The number of likely N-dealkylation sites (tertiary alicyclic amines) is 1. The topological polar surface area (TPSA) is 87.9 Å². The van der Waals surface area contributed by atoms with Gasteiger partial charge in [-0.25, -0.2) is 0 Å². The number of carbonyl (C=O) groups is 1. The summed E-state index contributed by atoms with van der Waals surface area (Å²) in [6.45, 7) is 3.41.